The second-order valence-electron chi connectivity index (χ2n) is 5.10. The second kappa shape index (κ2) is 4.30. The molecule has 0 aromatic rings. The summed E-state index contributed by atoms with van der Waals surface area (Å²) in [6, 6.07) is 0. The summed E-state index contributed by atoms with van der Waals surface area (Å²) in [6.45, 7) is 11.3. The van der Waals surface area contributed by atoms with Crippen molar-refractivity contribution in [3.8, 4) is 0 Å². The van der Waals surface area contributed by atoms with Crippen LogP contribution >= 0.6 is 0 Å². The van der Waals surface area contributed by atoms with Gasteiger partial charge in [-0.25, -0.2) is 0 Å². The quantitative estimate of drug-likeness (QED) is 0.558. The minimum atomic E-state index is 0.475. The monoisotopic (exact) mass is 180 g/mol. The molecule has 1 aliphatic carbocycles. The Labute approximate surface area is 83.4 Å². The molecular formula is C13H24. The summed E-state index contributed by atoms with van der Waals surface area (Å²) in [7, 11) is 0. The summed E-state index contributed by atoms with van der Waals surface area (Å²) < 4.78 is 0. The number of allylic oxidation sites excluding steroid dienone is 1. The summed E-state index contributed by atoms with van der Waals surface area (Å²) in [5.74, 6) is 0.947. The van der Waals surface area contributed by atoms with E-state index >= 15 is 0 Å². The van der Waals surface area contributed by atoms with Gasteiger partial charge in [0.2, 0.25) is 0 Å². The average molecular weight is 180 g/mol. The van der Waals surface area contributed by atoms with E-state index in [1.54, 1.807) is 0 Å². The molecule has 76 valence electrons. The maximum absolute atomic E-state index is 4.26. The van der Waals surface area contributed by atoms with Crippen molar-refractivity contribution in [3.05, 3.63) is 12.2 Å². The zero-order chi connectivity index (χ0) is 9.90. The first-order chi connectivity index (χ1) is 6.08. The van der Waals surface area contributed by atoms with Gasteiger partial charge in [-0.15, -0.1) is 0 Å². The van der Waals surface area contributed by atoms with Gasteiger partial charge in [-0.05, 0) is 43.4 Å². The van der Waals surface area contributed by atoms with E-state index in [2.05, 4.69) is 27.4 Å². The molecule has 1 aliphatic rings. The molecule has 0 atom stereocenters. The Bertz CT molecular complexity index is 170. The molecule has 0 saturated heterocycles. The van der Waals surface area contributed by atoms with Crippen LogP contribution in [0.25, 0.3) is 0 Å². The van der Waals surface area contributed by atoms with Gasteiger partial charge in [-0.2, -0.15) is 0 Å². The van der Waals surface area contributed by atoms with Crippen LogP contribution in [0.15, 0.2) is 12.2 Å². The lowest BCUT2D eigenvalue weighted by Crippen LogP contribution is -2.25. The Kier molecular flexibility index (Phi) is 3.58. The molecule has 0 spiro atoms. The molecule has 0 N–H and O–H groups in total. The van der Waals surface area contributed by atoms with Gasteiger partial charge in [-0.3, -0.25) is 0 Å². The minimum Gasteiger partial charge on any atom is -0.0993 e. The summed E-state index contributed by atoms with van der Waals surface area (Å²) in [6.07, 6.45) is 8.02. The highest BCUT2D eigenvalue weighted by atomic mass is 14.4. The third kappa shape index (κ3) is 2.59. The fraction of sp³-hybridized carbons (Fsp3) is 0.846. The molecule has 1 rings (SSSR count). The van der Waals surface area contributed by atoms with Crippen molar-refractivity contribution < 1.29 is 0 Å². The summed E-state index contributed by atoms with van der Waals surface area (Å²) in [5, 5.41) is 0. The van der Waals surface area contributed by atoms with E-state index in [1.807, 2.05) is 0 Å². The third-order valence-corrected chi connectivity index (χ3v) is 3.78. The van der Waals surface area contributed by atoms with E-state index in [4.69, 9.17) is 0 Å². The van der Waals surface area contributed by atoms with Crippen LogP contribution in [0, 0.1) is 11.3 Å². The van der Waals surface area contributed by atoms with E-state index in [9.17, 15) is 0 Å². The highest BCUT2D eigenvalue weighted by molar-refractivity contribution is 5.09. The molecule has 0 aliphatic heterocycles. The van der Waals surface area contributed by atoms with E-state index < -0.39 is 0 Å². The van der Waals surface area contributed by atoms with E-state index in [-0.39, 0.29) is 0 Å². The SMILES string of the molecule is C=C(CCC)C1(C)CCC(C)CC1. The smallest absolute Gasteiger partial charge is 0.0119 e. The van der Waals surface area contributed by atoms with Crippen LogP contribution < -0.4 is 0 Å². The molecule has 0 radical (unpaired) electrons. The maximum Gasteiger partial charge on any atom is -0.0119 e. The van der Waals surface area contributed by atoms with Crippen molar-refractivity contribution in [2.75, 3.05) is 0 Å². The molecular weight excluding hydrogens is 156 g/mol. The molecule has 1 saturated carbocycles. The predicted molar refractivity (Wildman–Crippen MR) is 59.8 cm³/mol. The van der Waals surface area contributed by atoms with Crippen molar-refractivity contribution in [2.45, 2.75) is 59.3 Å². The average Bonchev–Trinajstić information content (AvgIpc) is 2.11. The first-order valence-electron chi connectivity index (χ1n) is 5.77. The maximum atomic E-state index is 4.26. The topological polar surface area (TPSA) is 0 Å². The largest absolute Gasteiger partial charge is 0.0993 e. The van der Waals surface area contributed by atoms with Crippen molar-refractivity contribution >= 4 is 0 Å². The number of hydrogen-bond donors (Lipinski definition) is 0. The molecule has 1 fully saturated rings. The fourth-order valence-electron chi connectivity index (χ4n) is 2.36. The molecule has 0 nitrogen and oxygen atoms in total. The van der Waals surface area contributed by atoms with Crippen molar-refractivity contribution in [3.63, 3.8) is 0 Å². The standard InChI is InChI=1S/C13H24/c1-5-6-12(3)13(4)9-7-11(2)8-10-13/h11H,3,5-10H2,1-2,4H3. The molecule has 0 aromatic carbocycles. The van der Waals surface area contributed by atoms with Crippen LogP contribution in [-0.4, -0.2) is 0 Å². The first kappa shape index (κ1) is 10.8. The van der Waals surface area contributed by atoms with Crippen molar-refractivity contribution in [1.29, 1.82) is 0 Å². The first-order valence-corrected chi connectivity index (χ1v) is 5.77. The van der Waals surface area contributed by atoms with E-state index in [0.717, 1.165) is 5.92 Å². The molecule has 0 heterocycles. The Balaban J connectivity index is 2.51. The van der Waals surface area contributed by atoms with Gasteiger partial charge in [0, 0.05) is 0 Å². The van der Waals surface area contributed by atoms with Crippen LogP contribution in [0.4, 0.5) is 0 Å². The Morgan fingerprint density at radius 2 is 1.92 bits per heavy atom. The molecule has 0 aromatic heterocycles. The van der Waals surface area contributed by atoms with Gasteiger partial charge in [0.1, 0.15) is 0 Å². The van der Waals surface area contributed by atoms with Gasteiger partial charge >= 0.3 is 0 Å². The number of hydrogen-bond acceptors (Lipinski definition) is 0. The lowest BCUT2D eigenvalue weighted by Gasteiger charge is -2.38. The second-order valence-corrected chi connectivity index (χ2v) is 5.10. The highest BCUT2D eigenvalue weighted by Gasteiger charge is 2.31. The molecule has 13 heavy (non-hydrogen) atoms. The predicted octanol–water partition coefficient (Wildman–Crippen LogP) is 4.56. The third-order valence-electron chi connectivity index (χ3n) is 3.78. The van der Waals surface area contributed by atoms with Gasteiger partial charge in [0.05, 0.1) is 0 Å². The Morgan fingerprint density at radius 1 is 1.38 bits per heavy atom. The van der Waals surface area contributed by atoms with Gasteiger partial charge < -0.3 is 0 Å². The zero-order valence-corrected chi connectivity index (χ0v) is 9.53. The van der Waals surface area contributed by atoms with Gasteiger partial charge in [0.25, 0.3) is 0 Å². The zero-order valence-electron chi connectivity index (χ0n) is 9.53. The summed E-state index contributed by atoms with van der Waals surface area (Å²) >= 11 is 0. The van der Waals surface area contributed by atoms with Crippen LogP contribution in [-0.2, 0) is 0 Å². The fourth-order valence-corrected chi connectivity index (χ4v) is 2.36. The molecule has 0 heteroatoms. The number of rotatable bonds is 3. The molecule has 0 unspecified atom stereocenters. The van der Waals surface area contributed by atoms with Gasteiger partial charge in [-0.1, -0.05) is 39.3 Å². The van der Waals surface area contributed by atoms with Crippen LogP contribution in [0.5, 0.6) is 0 Å². The molecule has 0 amide bonds. The van der Waals surface area contributed by atoms with Crippen molar-refractivity contribution in [2.24, 2.45) is 11.3 Å². The van der Waals surface area contributed by atoms with Crippen LogP contribution in [0.1, 0.15) is 59.3 Å². The van der Waals surface area contributed by atoms with Crippen LogP contribution in [0.2, 0.25) is 0 Å². The van der Waals surface area contributed by atoms with Crippen LogP contribution in [0.3, 0.4) is 0 Å². The Hall–Kier alpha value is -0.260. The Morgan fingerprint density at radius 3 is 2.38 bits per heavy atom. The summed E-state index contributed by atoms with van der Waals surface area (Å²) in [5.41, 5.74) is 1.98. The van der Waals surface area contributed by atoms with Gasteiger partial charge in [0.15, 0.2) is 0 Å². The lowest BCUT2D eigenvalue weighted by atomic mass is 9.67. The molecule has 0 bridgehead atoms. The minimum absolute atomic E-state index is 0.475. The van der Waals surface area contributed by atoms with E-state index in [0.29, 0.717) is 5.41 Å². The summed E-state index contributed by atoms with van der Waals surface area (Å²) in [4.78, 5) is 0. The van der Waals surface area contributed by atoms with E-state index in [1.165, 1.54) is 44.1 Å². The normalized spacial score (nSPS) is 34.5. The van der Waals surface area contributed by atoms with Crippen molar-refractivity contribution in [1.82, 2.24) is 0 Å². The lowest BCUT2D eigenvalue weighted by molar-refractivity contribution is 0.215. The highest BCUT2D eigenvalue weighted by Crippen LogP contribution is 2.44.